The summed E-state index contributed by atoms with van der Waals surface area (Å²) in [5.74, 6) is 0.853. The van der Waals surface area contributed by atoms with Gasteiger partial charge in [-0.1, -0.05) is 0 Å². The zero-order valence-electron chi connectivity index (χ0n) is 25.8. The van der Waals surface area contributed by atoms with Gasteiger partial charge in [-0.05, 0) is 0 Å². The first kappa shape index (κ1) is 34.6. The molecule has 216 valence electrons. The second-order valence-electron chi connectivity index (χ2n) is 11.1. The van der Waals surface area contributed by atoms with Crippen molar-refractivity contribution >= 4 is 24.5 Å². The summed E-state index contributed by atoms with van der Waals surface area (Å²) in [4.78, 5) is 12.8. The number of carbonyl (C=O) groups is 1. The topological polar surface area (TPSA) is 44.8 Å². The van der Waals surface area contributed by atoms with E-state index in [4.69, 9.17) is 14.2 Å². The number of benzene rings is 1. The van der Waals surface area contributed by atoms with Gasteiger partial charge in [-0.25, -0.2) is 0 Å². The van der Waals surface area contributed by atoms with E-state index >= 15 is 0 Å². The first-order valence-electron chi connectivity index (χ1n) is 15.0. The van der Waals surface area contributed by atoms with Crippen LogP contribution in [0, 0.1) is 0 Å². The first-order chi connectivity index (χ1) is 18.3. The second kappa shape index (κ2) is 19.6. The molecule has 0 aromatic heterocycles. The number of unbranched alkanes of at least 4 members (excludes halogenated alkanes) is 3. The Morgan fingerprint density at radius 1 is 0.895 bits per heavy atom. The zero-order chi connectivity index (χ0) is 28.4. The van der Waals surface area contributed by atoms with E-state index in [1.165, 1.54) is 56.4 Å². The van der Waals surface area contributed by atoms with Crippen LogP contribution in [0.4, 0.5) is 4.79 Å². The number of carbonyl (C=O) groups excluding carboxylic acids is 1. The van der Waals surface area contributed by atoms with Crippen LogP contribution in [0.5, 0.6) is 5.75 Å². The van der Waals surface area contributed by atoms with Crippen LogP contribution >= 0.6 is 0 Å². The molecule has 0 heterocycles. The van der Waals surface area contributed by atoms with E-state index < -0.39 is 24.5 Å². The van der Waals surface area contributed by atoms with Gasteiger partial charge >= 0.3 is 239 Å². The molecule has 1 atom stereocenters. The number of hydrogen-bond donors (Lipinski definition) is 0. The molecule has 38 heavy (non-hydrogen) atoms. The molecule has 0 amide bonds. The number of methoxy groups -OCH3 is 2. The van der Waals surface area contributed by atoms with Crippen molar-refractivity contribution in [3.8, 4) is 5.75 Å². The van der Waals surface area contributed by atoms with Crippen LogP contribution in [-0.4, -0.2) is 38.8 Å². The molecule has 4 nitrogen and oxygen atoms in total. The maximum absolute atomic E-state index is 12.8. The molecular weight excluding hydrogens is 579 g/mol. The standard InChI is InChI=1S/C21H29O4.3C4H9.Sn/c1-16(2)9-6-10-17(3)11-7-12-18-13-8-14-20(23-4)19(18)15-25-21(22)24-5;3*1-3-4-2;/h8-9,11,13-15H,6-7,10,12H2,1-5H3;3*1,3-4H2,2H3;/b17-11-;;;;. The van der Waals surface area contributed by atoms with Crippen LogP contribution < -0.4 is 4.74 Å². The summed E-state index contributed by atoms with van der Waals surface area (Å²) in [6.07, 6.45) is 15.3. The van der Waals surface area contributed by atoms with Crippen molar-refractivity contribution in [3.63, 3.8) is 0 Å². The van der Waals surface area contributed by atoms with Crippen LogP contribution in [-0.2, 0) is 15.9 Å². The summed E-state index contributed by atoms with van der Waals surface area (Å²) >= 11 is -3.10. The van der Waals surface area contributed by atoms with E-state index in [0.29, 0.717) is 0 Å². The van der Waals surface area contributed by atoms with Gasteiger partial charge < -0.3 is 0 Å². The predicted octanol–water partition coefficient (Wildman–Crippen LogP) is 10.5. The summed E-state index contributed by atoms with van der Waals surface area (Å²) < 4.78 is 20.9. The fourth-order valence-electron chi connectivity index (χ4n) is 5.44. The zero-order valence-corrected chi connectivity index (χ0v) is 28.6. The van der Waals surface area contributed by atoms with E-state index in [-0.39, 0.29) is 4.12 Å². The number of hydrogen-bond acceptors (Lipinski definition) is 4. The molecule has 0 bridgehead atoms. The van der Waals surface area contributed by atoms with Gasteiger partial charge in [0, 0.05) is 0 Å². The quantitative estimate of drug-likeness (QED) is 0.0862. The Morgan fingerprint density at radius 2 is 1.50 bits per heavy atom. The van der Waals surface area contributed by atoms with Crippen LogP contribution in [0.3, 0.4) is 0 Å². The van der Waals surface area contributed by atoms with E-state index in [1.807, 2.05) is 6.07 Å². The SMILES string of the molecule is CCC[CH2][Sn]([CH2]CCC)([CH2]CCC)[CH](OC(=O)OC)c1c(CC/C=C(/C)CCC=C(C)C)cccc1OC. The summed E-state index contributed by atoms with van der Waals surface area (Å²) in [6.45, 7) is 13.4. The predicted molar refractivity (Wildman–Crippen MR) is 165 cm³/mol. The summed E-state index contributed by atoms with van der Waals surface area (Å²) in [5.41, 5.74) is 5.17. The molecular formula is C33H56O4Sn. The fourth-order valence-corrected chi connectivity index (χ4v) is 22.5. The molecule has 0 spiro atoms. The van der Waals surface area contributed by atoms with Crippen molar-refractivity contribution in [3.05, 3.63) is 52.6 Å². The molecule has 0 aliphatic heterocycles. The van der Waals surface area contributed by atoms with Crippen molar-refractivity contribution < 1.29 is 19.0 Å². The number of aryl methyl sites for hydroxylation is 1. The Balaban J connectivity index is 3.56. The van der Waals surface area contributed by atoms with Crippen LogP contribution in [0.2, 0.25) is 13.3 Å². The van der Waals surface area contributed by atoms with Crippen LogP contribution in [0.15, 0.2) is 41.5 Å². The molecule has 0 saturated heterocycles. The van der Waals surface area contributed by atoms with Gasteiger partial charge in [-0.3, -0.25) is 0 Å². The third-order valence-corrected chi connectivity index (χ3v) is 23.5. The minimum atomic E-state index is -3.10. The summed E-state index contributed by atoms with van der Waals surface area (Å²) in [7, 11) is 3.17. The van der Waals surface area contributed by atoms with E-state index in [1.54, 1.807) is 7.11 Å². The Morgan fingerprint density at radius 3 is 2.00 bits per heavy atom. The Labute approximate surface area is 238 Å². The van der Waals surface area contributed by atoms with Gasteiger partial charge in [0.1, 0.15) is 0 Å². The average Bonchev–Trinajstić information content (AvgIpc) is 2.91. The van der Waals surface area contributed by atoms with Crippen molar-refractivity contribution in [2.45, 2.75) is 123 Å². The normalized spacial score (nSPS) is 12.7. The van der Waals surface area contributed by atoms with E-state index in [0.717, 1.165) is 56.3 Å². The molecule has 1 unspecified atom stereocenters. The molecule has 0 N–H and O–H groups in total. The number of allylic oxidation sites excluding steroid dienone is 4. The van der Waals surface area contributed by atoms with Gasteiger partial charge in [-0.2, -0.15) is 0 Å². The molecule has 0 aliphatic carbocycles. The monoisotopic (exact) mass is 636 g/mol. The van der Waals surface area contributed by atoms with Gasteiger partial charge in [0.25, 0.3) is 0 Å². The van der Waals surface area contributed by atoms with Crippen LogP contribution in [0.1, 0.15) is 115 Å². The van der Waals surface area contributed by atoms with Gasteiger partial charge in [0.05, 0.1) is 0 Å². The summed E-state index contributed by atoms with van der Waals surface area (Å²) in [5, 5.41) is 0. The van der Waals surface area contributed by atoms with E-state index in [2.05, 4.69) is 65.8 Å². The molecule has 0 saturated carbocycles. The Hall–Kier alpha value is -1.43. The molecule has 0 aliphatic rings. The van der Waals surface area contributed by atoms with Crippen molar-refractivity contribution in [2.75, 3.05) is 14.2 Å². The van der Waals surface area contributed by atoms with E-state index in [9.17, 15) is 4.79 Å². The number of ether oxygens (including phenoxy) is 3. The van der Waals surface area contributed by atoms with Crippen molar-refractivity contribution in [1.29, 1.82) is 0 Å². The van der Waals surface area contributed by atoms with Crippen molar-refractivity contribution in [2.24, 2.45) is 0 Å². The molecule has 1 rings (SSSR count). The van der Waals surface area contributed by atoms with Gasteiger partial charge in [0.2, 0.25) is 0 Å². The molecule has 5 heteroatoms. The average molecular weight is 636 g/mol. The Kier molecular flexibility index (Phi) is 17.8. The maximum atomic E-state index is 12.8. The second-order valence-corrected chi connectivity index (χ2v) is 24.6. The van der Waals surface area contributed by atoms with Gasteiger partial charge in [0.15, 0.2) is 0 Å². The molecule has 0 fully saturated rings. The van der Waals surface area contributed by atoms with Crippen LogP contribution in [0.25, 0.3) is 0 Å². The fraction of sp³-hybridized carbons (Fsp3) is 0.667. The van der Waals surface area contributed by atoms with Crippen molar-refractivity contribution in [1.82, 2.24) is 0 Å². The third kappa shape index (κ3) is 11.8. The van der Waals surface area contributed by atoms with Gasteiger partial charge in [-0.15, -0.1) is 0 Å². The third-order valence-electron chi connectivity index (χ3n) is 7.66. The number of rotatable bonds is 19. The molecule has 0 radical (unpaired) electrons. The minimum absolute atomic E-state index is 0.199. The molecule has 1 aromatic carbocycles. The first-order valence-corrected chi connectivity index (χ1v) is 22.7. The Bertz CT molecular complexity index is 848. The molecule has 1 aromatic rings. The summed E-state index contributed by atoms with van der Waals surface area (Å²) in [6, 6.07) is 6.34.